The average molecular weight is 1270 g/mol. The fourth-order valence-corrected chi connectivity index (χ4v) is 7.94. The summed E-state index contributed by atoms with van der Waals surface area (Å²) in [6.45, 7) is 5.22. The molecule has 11 amide bonds. The molecule has 502 valence electrons. The van der Waals surface area contributed by atoms with Crippen LogP contribution in [0.5, 0.6) is 0 Å². The van der Waals surface area contributed by atoms with E-state index < -0.39 is 169 Å². The third kappa shape index (κ3) is 32.1. The van der Waals surface area contributed by atoms with Gasteiger partial charge in [0.15, 0.2) is 5.96 Å². The predicted molar refractivity (Wildman–Crippen MR) is 304 cm³/mol. The molecule has 1 rings (SSSR count). The summed E-state index contributed by atoms with van der Waals surface area (Å²) < 4.78 is 32.3. The van der Waals surface area contributed by atoms with Gasteiger partial charge in [0, 0.05) is 13.1 Å². The predicted octanol–water partition coefficient (Wildman–Crippen LogP) is -8.69. The van der Waals surface area contributed by atoms with Crippen molar-refractivity contribution < 1.29 is 100 Å². The van der Waals surface area contributed by atoms with E-state index in [-0.39, 0.29) is 44.7 Å². The zero-order chi connectivity index (χ0) is 67.8. The number of guanidine groups is 1. The van der Waals surface area contributed by atoms with Crippen molar-refractivity contribution in [3.63, 3.8) is 0 Å². The van der Waals surface area contributed by atoms with Crippen LogP contribution in [0.1, 0.15) is 98.8 Å². The molecule has 34 nitrogen and oxygen atoms in total. The number of aliphatic hydroxyl groups excluding tert-OH is 2. The molecule has 1 aliphatic rings. The third-order valence-electron chi connectivity index (χ3n) is 12.9. The molecule has 1 aliphatic heterocycles. The molecule has 0 bridgehead atoms. The second-order valence-electron chi connectivity index (χ2n) is 21.7. The van der Waals surface area contributed by atoms with E-state index in [1.165, 1.54) is 39.5 Å². The van der Waals surface area contributed by atoms with E-state index in [9.17, 15) is 86.0 Å². The number of hydrogen-bond donors (Lipinski definition) is 17. The van der Waals surface area contributed by atoms with E-state index >= 15 is 0 Å². The van der Waals surface area contributed by atoms with E-state index in [0.29, 0.717) is 56.1 Å². The molecule has 1 fully saturated rings. The van der Waals surface area contributed by atoms with Crippen LogP contribution in [0.15, 0.2) is 4.99 Å². The number of carbonyl (C=O) groups excluding carboxylic acids is 12. The molecule has 0 radical (unpaired) electrons. The number of carboxylic acid groups (broad SMARTS) is 2. The van der Waals surface area contributed by atoms with Crippen molar-refractivity contribution >= 4 is 82.9 Å². The quantitative estimate of drug-likeness (QED) is 0.0119. The first kappa shape index (κ1) is 80.0. The standard InChI is InChI=1S/C49H89N17O15.C2HF3O2/c1-26(58-42(75)31(51)15-9-11-19-50)39(72)57-27(2)40(73)61-33(17-13-20-54-49(52)53)43(76)62-32(16-10-12-22-66(6,7)8)44(77)63-34(25-67)45(78)60-29(4)48(81)65-21-14-18-35(65)46(79)59-28(3)41(74)64-38(30(5)68)47(80)56-23-36(69)55-24-37(70)71;3-2(4,5)1(6)7/h26-35,38,67-68H,9-25,50-51H2,1-8H3,(H14-,52,53,54,55,56,57,58,59,60,61,62,63,64,69,70,71,72,73,74,75,76,77,78,79,80);(H,6,7)/t26-,27-,28-,29-,30+,31-,32-,33-,34-,35-,38-;/m0./s1. The first-order valence-electron chi connectivity index (χ1n) is 28.2. The van der Waals surface area contributed by atoms with Crippen LogP contribution in [0, 0.1) is 0 Å². The van der Waals surface area contributed by atoms with Crippen LogP contribution in [-0.4, -0.2) is 247 Å². The van der Waals surface area contributed by atoms with Crippen LogP contribution in [0.2, 0.25) is 0 Å². The molecule has 88 heavy (non-hydrogen) atoms. The summed E-state index contributed by atoms with van der Waals surface area (Å²) in [6.07, 6.45) is -3.38. The number of quaternary nitrogens is 1. The van der Waals surface area contributed by atoms with Gasteiger partial charge in [-0.25, -0.2) is 4.79 Å². The summed E-state index contributed by atoms with van der Waals surface area (Å²) in [5, 5.41) is 62.2. The van der Waals surface area contributed by atoms with Gasteiger partial charge in [-0.1, -0.05) is 6.42 Å². The van der Waals surface area contributed by atoms with Gasteiger partial charge in [-0.3, -0.25) is 57.7 Å². The smallest absolute Gasteiger partial charge is 0.490 e. The third-order valence-corrected chi connectivity index (χ3v) is 12.9. The minimum absolute atomic E-state index is 0.0266. The maximum absolute atomic E-state index is 14.1. The maximum Gasteiger partial charge on any atom is 0.490 e. The first-order valence-corrected chi connectivity index (χ1v) is 28.2. The lowest BCUT2D eigenvalue weighted by molar-refractivity contribution is -0.870. The Bertz CT molecular complexity index is 2410. The van der Waals surface area contributed by atoms with Crippen LogP contribution in [-0.2, 0) is 62.3 Å². The molecule has 0 aliphatic carbocycles. The summed E-state index contributed by atoms with van der Waals surface area (Å²) in [4.78, 5) is 170. The lowest BCUT2D eigenvalue weighted by Crippen LogP contribution is -2.60. The van der Waals surface area contributed by atoms with Gasteiger partial charge in [0.2, 0.25) is 65.0 Å². The summed E-state index contributed by atoms with van der Waals surface area (Å²) in [5.74, 6) is -13.8. The van der Waals surface area contributed by atoms with Gasteiger partial charge in [-0.15, -0.1) is 0 Å². The second kappa shape index (κ2) is 39.7. The molecule has 1 saturated heterocycles. The van der Waals surface area contributed by atoms with Crippen molar-refractivity contribution in [3.8, 4) is 0 Å². The Morgan fingerprint density at radius 3 is 1.62 bits per heavy atom. The highest BCUT2D eigenvalue weighted by molar-refractivity contribution is 5.99. The van der Waals surface area contributed by atoms with Gasteiger partial charge in [0.25, 0.3) is 0 Å². The first-order chi connectivity index (χ1) is 40.8. The normalized spacial score (nSPS) is 16.4. The molecule has 0 saturated carbocycles. The van der Waals surface area contributed by atoms with E-state index in [2.05, 4.69) is 52.8 Å². The summed E-state index contributed by atoms with van der Waals surface area (Å²) in [5.41, 5.74) is 22.4. The largest absolute Gasteiger partial charge is 0.548 e. The summed E-state index contributed by atoms with van der Waals surface area (Å²) >= 11 is 0. The SMILES string of the molecule is C[C@H](NC(=O)[C@H](C)NC(=O)[C@@H](N)CCCCN)C(=O)N[C@@H](CCCN=C(N)N)C(=O)N[C@@H](CCCC[N+](C)(C)C)C(=O)N[C@@H](CO)C(=O)N[C@@H](C)C(=O)N1CCC[C@H]1C(=O)N[C@@H](C)C(=O)N[C@H](C(=O)NCC(=O)NCC(=O)[O-])[C@@H](C)O.O=C(O)C(F)(F)F. The van der Waals surface area contributed by atoms with E-state index in [1.54, 1.807) is 0 Å². The average Bonchev–Trinajstić information content (AvgIpc) is 4.17. The van der Waals surface area contributed by atoms with Crippen LogP contribution in [0.25, 0.3) is 0 Å². The number of carbonyl (C=O) groups is 13. The fraction of sp³-hybridized carbons (Fsp3) is 0.725. The number of carboxylic acids is 2. The number of likely N-dealkylation sites (tertiary alicyclic amines) is 1. The molecule has 1 heterocycles. The molecule has 21 N–H and O–H groups in total. The van der Waals surface area contributed by atoms with Crippen LogP contribution in [0.4, 0.5) is 13.2 Å². The lowest BCUT2D eigenvalue weighted by atomic mass is 10.0. The summed E-state index contributed by atoms with van der Waals surface area (Å²) in [6, 6.07) is -13.0. The van der Waals surface area contributed by atoms with E-state index in [0.717, 1.165) is 0 Å². The molecule has 11 atom stereocenters. The Balaban J connectivity index is 0.0000101. The Morgan fingerprint density at radius 1 is 0.636 bits per heavy atom. The Kier molecular flexibility index (Phi) is 36.1. The van der Waals surface area contributed by atoms with Gasteiger partial charge in [-0.05, 0) is 99.0 Å². The molecule has 37 heteroatoms. The van der Waals surface area contributed by atoms with E-state index in [1.807, 2.05) is 26.5 Å². The van der Waals surface area contributed by atoms with Crippen molar-refractivity contribution in [2.24, 2.45) is 27.9 Å². The van der Waals surface area contributed by atoms with Crippen LogP contribution in [0.3, 0.4) is 0 Å². The highest BCUT2D eigenvalue weighted by Gasteiger charge is 2.40. The number of halogens is 3. The molecule has 0 aromatic heterocycles. The molecule has 0 spiro atoms. The molecular weight excluding hydrogens is 1180 g/mol. The molecule has 0 aromatic carbocycles. The minimum Gasteiger partial charge on any atom is -0.548 e. The number of unbranched alkanes of at least 4 members (excludes halogenated alkanes) is 2. The van der Waals surface area contributed by atoms with Crippen molar-refractivity contribution in [1.82, 2.24) is 58.1 Å². The number of amides is 11. The second-order valence-corrected chi connectivity index (χ2v) is 21.7. The summed E-state index contributed by atoms with van der Waals surface area (Å²) in [7, 11) is 5.89. The number of nitrogens with two attached hydrogens (primary N) is 4. The zero-order valence-electron chi connectivity index (χ0n) is 50.7. The van der Waals surface area contributed by atoms with Crippen molar-refractivity contribution in [2.75, 3.05) is 67.0 Å². The maximum atomic E-state index is 14.1. The number of nitrogens with one attached hydrogen (secondary N) is 10. The molecule has 0 aromatic rings. The number of rotatable bonds is 37. The van der Waals surface area contributed by atoms with Crippen molar-refractivity contribution in [1.29, 1.82) is 0 Å². The number of hydrogen-bond acceptors (Lipinski definition) is 19. The fourth-order valence-electron chi connectivity index (χ4n) is 7.94. The Labute approximate surface area is 506 Å². The minimum atomic E-state index is -5.08. The number of alkyl halides is 3. The van der Waals surface area contributed by atoms with Crippen molar-refractivity contribution in [2.45, 2.75) is 172 Å². The molecular formula is C51H90F3N17O17. The van der Waals surface area contributed by atoms with Crippen molar-refractivity contribution in [3.05, 3.63) is 0 Å². The number of aliphatic imine (C=N–C) groups is 1. The van der Waals surface area contributed by atoms with Gasteiger partial charge in [0.1, 0.15) is 54.4 Å². The molecule has 0 unspecified atom stereocenters. The van der Waals surface area contributed by atoms with Crippen LogP contribution >= 0.6 is 0 Å². The number of aliphatic hydroxyl groups is 2. The zero-order valence-corrected chi connectivity index (χ0v) is 50.7. The Hall–Kier alpha value is -8.03. The number of aliphatic carboxylic acids is 2. The highest BCUT2D eigenvalue weighted by Crippen LogP contribution is 2.19. The Morgan fingerprint density at radius 2 is 1.11 bits per heavy atom. The highest BCUT2D eigenvalue weighted by atomic mass is 19.4. The topological polar surface area (TPSA) is 546 Å². The van der Waals surface area contributed by atoms with Crippen LogP contribution < -0.4 is 81.2 Å². The monoisotopic (exact) mass is 1270 g/mol. The van der Waals surface area contributed by atoms with Gasteiger partial charge in [-0.2, -0.15) is 13.2 Å². The van der Waals surface area contributed by atoms with Gasteiger partial charge >= 0.3 is 12.1 Å². The van der Waals surface area contributed by atoms with E-state index in [4.69, 9.17) is 32.8 Å². The lowest BCUT2D eigenvalue weighted by Gasteiger charge is -2.29. The van der Waals surface area contributed by atoms with Gasteiger partial charge in [0.05, 0.1) is 65.5 Å². The number of nitrogens with zero attached hydrogens (tertiary/aromatic N) is 3. The van der Waals surface area contributed by atoms with Gasteiger partial charge < -0.3 is 111 Å².